The van der Waals surface area contributed by atoms with E-state index < -0.39 is 10.0 Å². The summed E-state index contributed by atoms with van der Waals surface area (Å²) < 4.78 is 31.4. The summed E-state index contributed by atoms with van der Waals surface area (Å²) in [6.45, 7) is 5.14. The molecule has 1 aromatic rings. The number of anilines is 1. The molecule has 0 fully saturated rings. The highest BCUT2D eigenvalue weighted by Gasteiger charge is 2.12. The Morgan fingerprint density at radius 2 is 1.90 bits per heavy atom. The summed E-state index contributed by atoms with van der Waals surface area (Å²) in [5, 5.41) is 3.30. The van der Waals surface area contributed by atoms with Crippen molar-refractivity contribution in [3.8, 4) is 0 Å². The van der Waals surface area contributed by atoms with E-state index in [9.17, 15) is 8.42 Å². The van der Waals surface area contributed by atoms with Gasteiger partial charge in [0.1, 0.15) is 0 Å². The second-order valence-corrected chi connectivity index (χ2v) is 6.52. The fraction of sp³-hybridized carbons (Fsp3) is 0.571. The van der Waals surface area contributed by atoms with Gasteiger partial charge >= 0.3 is 0 Å². The molecule has 0 aromatic heterocycles. The van der Waals surface area contributed by atoms with Crippen LogP contribution in [0.3, 0.4) is 0 Å². The third-order valence-corrected chi connectivity index (χ3v) is 4.35. The maximum atomic E-state index is 11.9. The Morgan fingerprint density at radius 3 is 2.45 bits per heavy atom. The van der Waals surface area contributed by atoms with Crippen LogP contribution in [-0.4, -0.2) is 34.7 Å². The molecule has 0 aliphatic rings. The molecule has 1 aromatic carbocycles. The molecule has 20 heavy (non-hydrogen) atoms. The van der Waals surface area contributed by atoms with Gasteiger partial charge in [0.15, 0.2) is 0 Å². The van der Waals surface area contributed by atoms with Gasteiger partial charge in [0.2, 0.25) is 10.0 Å². The second-order valence-electron chi connectivity index (χ2n) is 4.75. The summed E-state index contributed by atoms with van der Waals surface area (Å²) in [6.07, 6.45) is 1.67. The van der Waals surface area contributed by atoms with E-state index in [2.05, 4.69) is 17.0 Å². The molecular weight excluding hydrogens is 276 g/mol. The predicted octanol–water partition coefficient (Wildman–Crippen LogP) is 2.21. The molecule has 114 valence electrons. The molecule has 0 aliphatic heterocycles. The first-order chi connectivity index (χ1) is 9.49. The first-order valence-corrected chi connectivity index (χ1v) is 8.33. The molecule has 0 saturated heterocycles. The van der Waals surface area contributed by atoms with Crippen LogP contribution in [-0.2, 0) is 14.8 Å². The summed E-state index contributed by atoms with van der Waals surface area (Å²) in [5.41, 5.74) is 0.906. The normalized spacial score (nSPS) is 13.2. The van der Waals surface area contributed by atoms with Crippen molar-refractivity contribution in [1.29, 1.82) is 0 Å². The summed E-state index contributed by atoms with van der Waals surface area (Å²) in [4.78, 5) is 0.293. The summed E-state index contributed by atoms with van der Waals surface area (Å²) in [7, 11) is -1.70. The summed E-state index contributed by atoms with van der Waals surface area (Å²) >= 11 is 0. The molecule has 0 saturated carbocycles. The summed E-state index contributed by atoms with van der Waals surface area (Å²) in [6, 6.07) is 7.07. The van der Waals surface area contributed by atoms with Gasteiger partial charge in [-0.3, -0.25) is 0 Å². The van der Waals surface area contributed by atoms with Crippen LogP contribution in [0.4, 0.5) is 5.69 Å². The van der Waals surface area contributed by atoms with Crippen LogP contribution in [0.25, 0.3) is 0 Å². The predicted molar refractivity (Wildman–Crippen MR) is 81.5 cm³/mol. The summed E-state index contributed by atoms with van der Waals surface area (Å²) in [5.74, 6) is 0. The van der Waals surface area contributed by atoms with Crippen LogP contribution in [0.1, 0.15) is 26.7 Å². The Balaban J connectivity index is 2.64. The van der Waals surface area contributed by atoms with Crippen molar-refractivity contribution in [3.63, 3.8) is 0 Å². The number of rotatable bonds is 9. The van der Waals surface area contributed by atoms with Crippen molar-refractivity contribution in [2.24, 2.45) is 0 Å². The van der Waals surface area contributed by atoms with E-state index in [-0.39, 0.29) is 6.04 Å². The van der Waals surface area contributed by atoms with Gasteiger partial charge in [0.25, 0.3) is 0 Å². The van der Waals surface area contributed by atoms with Gasteiger partial charge in [-0.05, 0) is 44.0 Å². The highest BCUT2D eigenvalue weighted by molar-refractivity contribution is 7.89. The van der Waals surface area contributed by atoms with Crippen LogP contribution >= 0.6 is 0 Å². The molecule has 2 N–H and O–H groups in total. The van der Waals surface area contributed by atoms with E-state index in [0.29, 0.717) is 18.0 Å². The number of sulfonamides is 1. The Kier molecular flexibility index (Phi) is 6.98. The molecule has 6 heteroatoms. The molecule has 1 atom stereocenters. The van der Waals surface area contributed by atoms with Crippen molar-refractivity contribution in [3.05, 3.63) is 24.3 Å². The lowest BCUT2D eigenvalue weighted by Gasteiger charge is -2.15. The molecule has 5 nitrogen and oxygen atoms in total. The molecule has 0 amide bonds. The van der Waals surface area contributed by atoms with Gasteiger partial charge in [0.05, 0.1) is 4.90 Å². The molecule has 1 unspecified atom stereocenters. The molecule has 0 aliphatic carbocycles. The highest BCUT2D eigenvalue weighted by atomic mass is 32.2. The first kappa shape index (κ1) is 16.9. The van der Waals surface area contributed by atoms with Crippen LogP contribution in [0.5, 0.6) is 0 Å². The highest BCUT2D eigenvalue weighted by Crippen LogP contribution is 2.15. The van der Waals surface area contributed by atoms with E-state index in [1.54, 1.807) is 31.4 Å². The standard InChI is InChI=1S/C14H24N2O3S/c1-4-10-15-20(17,18)14-7-5-13(6-8-14)16-12(2)9-11-19-3/h5-8,12,15-16H,4,9-11H2,1-3H3. The van der Waals surface area contributed by atoms with Gasteiger partial charge in [-0.1, -0.05) is 6.92 Å². The third-order valence-electron chi connectivity index (χ3n) is 2.87. The Bertz CT molecular complexity index is 486. The lowest BCUT2D eigenvalue weighted by atomic mass is 10.2. The van der Waals surface area contributed by atoms with Crippen molar-refractivity contribution >= 4 is 15.7 Å². The van der Waals surface area contributed by atoms with Gasteiger partial charge in [-0.2, -0.15) is 0 Å². The minimum absolute atomic E-state index is 0.274. The number of nitrogens with one attached hydrogen (secondary N) is 2. The molecule has 0 heterocycles. The topological polar surface area (TPSA) is 67.4 Å². The maximum Gasteiger partial charge on any atom is 0.240 e. The lowest BCUT2D eigenvalue weighted by Crippen LogP contribution is -2.24. The van der Waals surface area contributed by atoms with E-state index in [1.165, 1.54) is 0 Å². The number of methoxy groups -OCH3 is 1. The third kappa shape index (κ3) is 5.48. The Labute approximate surface area is 121 Å². The zero-order valence-corrected chi connectivity index (χ0v) is 13.2. The zero-order chi connectivity index (χ0) is 15.0. The minimum atomic E-state index is -3.38. The van der Waals surface area contributed by atoms with Crippen LogP contribution in [0, 0.1) is 0 Å². The lowest BCUT2D eigenvalue weighted by molar-refractivity contribution is 0.191. The number of hydrogen-bond donors (Lipinski definition) is 2. The Morgan fingerprint density at radius 1 is 1.25 bits per heavy atom. The first-order valence-electron chi connectivity index (χ1n) is 6.84. The van der Waals surface area contributed by atoms with Crippen molar-refractivity contribution in [1.82, 2.24) is 4.72 Å². The van der Waals surface area contributed by atoms with Crippen LogP contribution in [0.15, 0.2) is 29.2 Å². The zero-order valence-electron chi connectivity index (χ0n) is 12.3. The molecule has 0 bridgehead atoms. The quantitative estimate of drug-likeness (QED) is 0.734. The number of benzene rings is 1. The average Bonchev–Trinajstić information content (AvgIpc) is 2.43. The Hall–Kier alpha value is -1.11. The maximum absolute atomic E-state index is 11.9. The van der Waals surface area contributed by atoms with E-state index in [0.717, 1.165) is 18.5 Å². The largest absolute Gasteiger partial charge is 0.385 e. The van der Waals surface area contributed by atoms with Gasteiger partial charge in [-0.25, -0.2) is 13.1 Å². The molecule has 0 spiro atoms. The average molecular weight is 300 g/mol. The van der Waals surface area contributed by atoms with Crippen molar-refractivity contribution in [2.45, 2.75) is 37.6 Å². The SMILES string of the molecule is CCCNS(=O)(=O)c1ccc(NC(C)CCOC)cc1. The van der Waals surface area contributed by atoms with E-state index in [1.807, 2.05) is 6.92 Å². The fourth-order valence-corrected chi connectivity index (χ4v) is 2.84. The number of ether oxygens (including phenoxy) is 1. The second kappa shape index (κ2) is 8.24. The molecule has 0 radical (unpaired) electrons. The van der Waals surface area contributed by atoms with Crippen molar-refractivity contribution < 1.29 is 13.2 Å². The minimum Gasteiger partial charge on any atom is -0.385 e. The molecular formula is C14H24N2O3S. The van der Waals surface area contributed by atoms with E-state index in [4.69, 9.17) is 4.74 Å². The van der Waals surface area contributed by atoms with E-state index >= 15 is 0 Å². The van der Waals surface area contributed by atoms with Crippen LogP contribution < -0.4 is 10.0 Å². The van der Waals surface area contributed by atoms with Gasteiger partial charge < -0.3 is 10.1 Å². The van der Waals surface area contributed by atoms with Gasteiger partial charge in [-0.15, -0.1) is 0 Å². The van der Waals surface area contributed by atoms with Crippen LogP contribution in [0.2, 0.25) is 0 Å². The molecule has 1 rings (SSSR count). The van der Waals surface area contributed by atoms with Gasteiger partial charge in [0, 0.05) is 32.0 Å². The monoisotopic (exact) mass is 300 g/mol. The number of hydrogen-bond acceptors (Lipinski definition) is 4. The van der Waals surface area contributed by atoms with Crippen molar-refractivity contribution in [2.75, 3.05) is 25.6 Å². The smallest absolute Gasteiger partial charge is 0.240 e. The fourth-order valence-electron chi connectivity index (χ4n) is 1.70.